The van der Waals surface area contributed by atoms with Gasteiger partial charge in [-0.25, -0.2) is 8.42 Å². The van der Waals surface area contributed by atoms with Crippen molar-refractivity contribution in [3.63, 3.8) is 0 Å². The second kappa shape index (κ2) is 5.08. The first kappa shape index (κ1) is 15.3. The fourth-order valence-electron chi connectivity index (χ4n) is 1.35. The highest BCUT2D eigenvalue weighted by atomic mass is 32.2. The van der Waals surface area contributed by atoms with Crippen molar-refractivity contribution >= 4 is 21.7 Å². The van der Waals surface area contributed by atoms with Crippen LogP contribution in [-0.4, -0.2) is 27.2 Å². The van der Waals surface area contributed by atoms with E-state index >= 15 is 0 Å². The van der Waals surface area contributed by atoms with E-state index in [-0.39, 0.29) is 5.69 Å². The van der Waals surface area contributed by atoms with Gasteiger partial charge in [0.1, 0.15) is 0 Å². The molecule has 106 valence electrons. The molecule has 0 radical (unpaired) electrons. The average molecular weight is 296 g/mol. The zero-order valence-corrected chi connectivity index (χ0v) is 10.5. The van der Waals surface area contributed by atoms with E-state index in [0.29, 0.717) is 16.6 Å². The molecule has 0 saturated carbocycles. The third kappa shape index (κ3) is 4.12. The third-order valence-corrected chi connectivity index (χ3v) is 3.28. The number of aliphatic carboxylic acids is 1. The number of nitrogens with zero attached hydrogens (tertiary/aromatic N) is 1. The first-order chi connectivity index (χ1) is 8.51. The van der Waals surface area contributed by atoms with Gasteiger partial charge in [-0.3, -0.25) is 4.31 Å². The van der Waals surface area contributed by atoms with E-state index in [2.05, 4.69) is 0 Å². The van der Waals surface area contributed by atoms with Crippen LogP contribution in [0.2, 0.25) is 0 Å². The van der Waals surface area contributed by atoms with Crippen molar-refractivity contribution in [1.82, 2.24) is 0 Å². The smallest absolute Gasteiger partial charge is 0.416 e. The van der Waals surface area contributed by atoms with E-state index in [1.54, 1.807) is 0 Å². The van der Waals surface area contributed by atoms with E-state index in [0.717, 1.165) is 18.2 Å². The molecule has 5 nitrogen and oxygen atoms in total. The first-order valence-electron chi connectivity index (χ1n) is 4.86. The predicted octanol–water partition coefficient (Wildman–Crippen LogP) is 0.221. The van der Waals surface area contributed by atoms with Crippen LogP contribution in [0.5, 0.6) is 0 Å². The molecule has 0 spiro atoms. The van der Waals surface area contributed by atoms with Gasteiger partial charge in [0.15, 0.2) is 0 Å². The summed E-state index contributed by atoms with van der Waals surface area (Å²) < 4.78 is 60.6. The Kier molecular flexibility index (Phi) is 4.09. The molecular formula is C10H9F3NO4S-. The zero-order valence-electron chi connectivity index (χ0n) is 9.64. The van der Waals surface area contributed by atoms with Crippen LogP contribution in [0.1, 0.15) is 5.56 Å². The molecule has 1 rings (SSSR count). The number of carbonyl (C=O) groups excluding carboxylic acids is 1. The van der Waals surface area contributed by atoms with Gasteiger partial charge in [-0.05, 0) is 18.2 Å². The van der Waals surface area contributed by atoms with Crippen LogP contribution in [0, 0.1) is 0 Å². The molecule has 0 atom stereocenters. The third-order valence-electron chi connectivity index (χ3n) is 2.13. The molecule has 0 aliphatic heterocycles. The minimum Gasteiger partial charge on any atom is -0.548 e. The Bertz CT molecular complexity index is 583. The Morgan fingerprint density at radius 3 is 2.37 bits per heavy atom. The summed E-state index contributed by atoms with van der Waals surface area (Å²) in [6.45, 7) is -1.06. The molecule has 0 bridgehead atoms. The molecule has 0 aromatic heterocycles. The Morgan fingerprint density at radius 1 is 1.37 bits per heavy atom. The summed E-state index contributed by atoms with van der Waals surface area (Å²) in [6, 6.07) is 3.37. The van der Waals surface area contributed by atoms with Gasteiger partial charge in [0.05, 0.1) is 30.0 Å². The fourth-order valence-corrected chi connectivity index (χ4v) is 2.19. The molecule has 0 saturated heterocycles. The molecule has 0 N–H and O–H groups in total. The SMILES string of the molecule is CS(=O)(=O)N(CC(=O)[O-])c1cccc(C(F)(F)F)c1. The summed E-state index contributed by atoms with van der Waals surface area (Å²) >= 11 is 0. The number of rotatable bonds is 4. The van der Waals surface area contributed by atoms with Crippen molar-refractivity contribution in [2.24, 2.45) is 0 Å². The Hall–Kier alpha value is -1.77. The number of benzene rings is 1. The summed E-state index contributed by atoms with van der Waals surface area (Å²) in [5.41, 5.74) is -1.46. The van der Waals surface area contributed by atoms with Gasteiger partial charge in [0.25, 0.3) is 0 Å². The average Bonchev–Trinajstić information content (AvgIpc) is 2.23. The zero-order chi connectivity index (χ0) is 14.8. The standard InChI is InChI=1S/C10H10F3NO4S/c1-19(17,18)14(6-9(15)16)8-4-2-3-7(5-8)10(11,12)13/h2-5H,6H2,1H3,(H,15,16)/p-1. The molecule has 0 heterocycles. The normalized spacial score (nSPS) is 12.2. The van der Waals surface area contributed by atoms with Crippen LogP contribution in [0.25, 0.3) is 0 Å². The topological polar surface area (TPSA) is 77.5 Å². The number of carboxylic acid groups (broad SMARTS) is 1. The second-order valence-electron chi connectivity index (χ2n) is 3.69. The van der Waals surface area contributed by atoms with Gasteiger partial charge in [0, 0.05) is 0 Å². The molecule has 0 unspecified atom stereocenters. The highest BCUT2D eigenvalue weighted by Crippen LogP contribution is 2.32. The van der Waals surface area contributed by atoms with Crippen LogP contribution < -0.4 is 9.41 Å². The molecule has 0 amide bonds. The molecule has 1 aromatic rings. The van der Waals surface area contributed by atoms with Crippen LogP contribution >= 0.6 is 0 Å². The number of carboxylic acids is 1. The Labute approximate surface area is 107 Å². The number of halogens is 3. The molecule has 1 aromatic carbocycles. The number of alkyl halides is 3. The molecule has 0 aliphatic carbocycles. The largest absolute Gasteiger partial charge is 0.548 e. The van der Waals surface area contributed by atoms with Crippen molar-refractivity contribution < 1.29 is 31.5 Å². The van der Waals surface area contributed by atoms with E-state index < -0.39 is 34.3 Å². The highest BCUT2D eigenvalue weighted by Gasteiger charge is 2.31. The summed E-state index contributed by atoms with van der Waals surface area (Å²) in [7, 11) is -4.03. The molecule has 19 heavy (non-hydrogen) atoms. The lowest BCUT2D eigenvalue weighted by molar-refractivity contribution is -0.303. The molecular weight excluding hydrogens is 287 g/mol. The van der Waals surface area contributed by atoms with Crippen LogP contribution in [0.3, 0.4) is 0 Å². The lowest BCUT2D eigenvalue weighted by atomic mass is 10.2. The maximum atomic E-state index is 12.5. The van der Waals surface area contributed by atoms with Crippen molar-refractivity contribution in [3.05, 3.63) is 29.8 Å². The lowest BCUT2D eigenvalue weighted by Crippen LogP contribution is -2.41. The second-order valence-corrected chi connectivity index (χ2v) is 5.60. The van der Waals surface area contributed by atoms with E-state index in [4.69, 9.17) is 0 Å². The van der Waals surface area contributed by atoms with Crippen LogP contribution in [-0.2, 0) is 21.0 Å². The van der Waals surface area contributed by atoms with Crippen LogP contribution in [0.4, 0.5) is 18.9 Å². The summed E-state index contributed by atoms with van der Waals surface area (Å²) in [6.07, 6.45) is -3.96. The number of carbonyl (C=O) groups is 1. The Morgan fingerprint density at radius 2 is 1.95 bits per heavy atom. The number of hydrogen-bond acceptors (Lipinski definition) is 4. The molecule has 9 heteroatoms. The van der Waals surface area contributed by atoms with Gasteiger partial charge >= 0.3 is 6.18 Å². The van der Waals surface area contributed by atoms with E-state index in [1.807, 2.05) is 0 Å². The van der Waals surface area contributed by atoms with Gasteiger partial charge in [-0.2, -0.15) is 13.2 Å². The van der Waals surface area contributed by atoms with Gasteiger partial charge < -0.3 is 9.90 Å². The lowest BCUT2D eigenvalue weighted by Gasteiger charge is -2.23. The minimum absolute atomic E-state index is 0.331. The van der Waals surface area contributed by atoms with Crippen molar-refractivity contribution in [3.8, 4) is 0 Å². The van der Waals surface area contributed by atoms with Crippen molar-refractivity contribution in [1.29, 1.82) is 0 Å². The number of hydrogen-bond donors (Lipinski definition) is 0. The molecule has 0 aliphatic rings. The quantitative estimate of drug-likeness (QED) is 0.796. The predicted molar refractivity (Wildman–Crippen MR) is 58.6 cm³/mol. The fraction of sp³-hybridized carbons (Fsp3) is 0.300. The van der Waals surface area contributed by atoms with E-state index in [9.17, 15) is 31.5 Å². The monoisotopic (exact) mass is 296 g/mol. The summed E-state index contributed by atoms with van der Waals surface area (Å²) in [4.78, 5) is 10.5. The number of sulfonamides is 1. The highest BCUT2D eigenvalue weighted by molar-refractivity contribution is 7.92. The molecule has 0 fully saturated rings. The van der Waals surface area contributed by atoms with Crippen molar-refractivity contribution in [2.45, 2.75) is 6.18 Å². The number of anilines is 1. The maximum absolute atomic E-state index is 12.5. The minimum atomic E-state index is -4.65. The van der Waals surface area contributed by atoms with Gasteiger partial charge in [-0.1, -0.05) is 6.07 Å². The maximum Gasteiger partial charge on any atom is 0.416 e. The Balaban J connectivity index is 3.28. The van der Waals surface area contributed by atoms with Gasteiger partial charge in [-0.15, -0.1) is 0 Å². The van der Waals surface area contributed by atoms with E-state index in [1.165, 1.54) is 0 Å². The first-order valence-corrected chi connectivity index (χ1v) is 6.71. The van der Waals surface area contributed by atoms with Crippen molar-refractivity contribution in [2.75, 3.05) is 17.1 Å². The van der Waals surface area contributed by atoms with Gasteiger partial charge in [0.2, 0.25) is 10.0 Å². The summed E-state index contributed by atoms with van der Waals surface area (Å²) in [5.74, 6) is -1.72. The summed E-state index contributed by atoms with van der Waals surface area (Å²) in [5, 5.41) is 10.5. The van der Waals surface area contributed by atoms with Crippen LogP contribution in [0.15, 0.2) is 24.3 Å².